The number of fused-ring (bicyclic) bond motifs is 1. The van der Waals surface area contributed by atoms with Crippen molar-refractivity contribution in [3.05, 3.63) is 193 Å². The van der Waals surface area contributed by atoms with Crippen molar-refractivity contribution in [3.8, 4) is 78.6 Å². The molecule has 0 spiro atoms. The number of para-hydroxylation sites is 1. The molecule has 0 atom stereocenters. The van der Waals surface area contributed by atoms with Crippen LogP contribution in [-0.4, -0.2) is 19.6 Å². The van der Waals surface area contributed by atoms with E-state index in [-0.39, 0.29) is 32.2 Å². The summed E-state index contributed by atoms with van der Waals surface area (Å²) >= 11 is 0. The largest absolute Gasteiger partial charge is 0.507 e. The van der Waals surface area contributed by atoms with Gasteiger partial charge in [0, 0.05) is 38.5 Å². The van der Waals surface area contributed by atoms with Gasteiger partial charge in [-0.15, -0.1) is 23.8 Å². The van der Waals surface area contributed by atoms with Gasteiger partial charge in [-0.1, -0.05) is 159 Å². The first-order chi connectivity index (χ1) is 28.7. The maximum atomic E-state index is 11.8. The van der Waals surface area contributed by atoms with E-state index in [4.69, 9.17) is 9.97 Å². The van der Waals surface area contributed by atoms with Crippen LogP contribution in [0, 0.1) is 19.9 Å². The van der Waals surface area contributed by atoms with Gasteiger partial charge in [0.05, 0.1) is 22.3 Å². The molecule has 60 heavy (non-hydrogen) atoms. The first-order valence-corrected chi connectivity index (χ1v) is 20.4. The van der Waals surface area contributed by atoms with Gasteiger partial charge in [-0.05, 0) is 95.0 Å². The number of benzene rings is 7. The Morgan fingerprint density at radius 1 is 0.600 bits per heavy atom. The van der Waals surface area contributed by atoms with E-state index in [1.807, 2.05) is 37.4 Å². The van der Waals surface area contributed by atoms with Crippen LogP contribution in [-0.2, 0) is 26.5 Å². The predicted molar refractivity (Wildman–Crippen MR) is 245 cm³/mol. The summed E-state index contributed by atoms with van der Waals surface area (Å²) in [5.74, 6) is 0.899. The van der Waals surface area contributed by atoms with Crippen LogP contribution in [0.2, 0.25) is 0 Å². The molecule has 9 aromatic rings. The first kappa shape index (κ1) is 40.4. The van der Waals surface area contributed by atoms with Gasteiger partial charge in [-0.2, -0.15) is 0 Å². The van der Waals surface area contributed by atoms with Gasteiger partial charge in [-0.3, -0.25) is 9.55 Å². The van der Waals surface area contributed by atoms with Crippen molar-refractivity contribution in [1.29, 1.82) is 0 Å². The topological polar surface area (TPSA) is 50.9 Å². The number of hydrogen-bond donors (Lipinski definition) is 1. The second kappa shape index (κ2) is 16.7. The summed E-state index contributed by atoms with van der Waals surface area (Å²) < 4.78 is 2.24. The summed E-state index contributed by atoms with van der Waals surface area (Å²) in [5, 5.41) is 11.8. The minimum atomic E-state index is -0.0201. The molecule has 0 aliphatic carbocycles. The molecule has 0 bridgehead atoms. The third kappa shape index (κ3) is 7.64. The molecule has 0 saturated heterocycles. The molecular weight excluding hydrogens is 914 g/mol. The number of phenols is 1. The number of imidazole rings is 1. The monoisotopic (exact) mass is 959 g/mol. The van der Waals surface area contributed by atoms with Crippen LogP contribution in [0.5, 0.6) is 5.75 Å². The summed E-state index contributed by atoms with van der Waals surface area (Å²) in [6.45, 7) is 10.9. The molecule has 0 amide bonds. The fraction of sp³-hybridized carbons (Fsp3) is 0.127. The molecule has 5 heteroatoms. The smallest absolute Gasteiger partial charge is 0.148 e. The maximum Gasteiger partial charge on any atom is 0.148 e. The molecule has 2 heterocycles. The average Bonchev–Trinajstić information content (AvgIpc) is 3.67. The number of nitrogens with zero attached hydrogens (tertiary/aromatic N) is 3. The van der Waals surface area contributed by atoms with Crippen LogP contribution < -0.4 is 0 Å². The molecule has 2 aromatic heterocycles. The number of aromatic hydroxyl groups is 1. The molecule has 0 fully saturated rings. The Kier molecular flexibility index (Phi) is 11.3. The van der Waals surface area contributed by atoms with E-state index in [1.165, 1.54) is 5.56 Å². The SMILES string of the molecule is CCC(C)(C)c1ccc(-n2c(-c3cc(C)cc(C)c3O)nc3c(-c4[c-]c(-c5cc(-c6ccccc6)ccn5)cc(-c5ccccc5)c4)cccc32)c(-c2ccccc2)c1.[Pt]. The summed E-state index contributed by atoms with van der Waals surface area (Å²) in [6.07, 6.45) is 2.88. The Balaban J connectivity index is 0.00000499. The molecule has 298 valence electrons. The number of phenolic OH excluding ortho intramolecular Hbond substituents is 1. The van der Waals surface area contributed by atoms with Gasteiger partial charge in [-0.25, -0.2) is 4.98 Å². The second-order valence-electron chi connectivity index (χ2n) is 16.1. The molecule has 1 N–H and O–H groups in total. The van der Waals surface area contributed by atoms with Gasteiger partial charge >= 0.3 is 0 Å². The number of aryl methyl sites for hydroxylation is 2. The van der Waals surface area contributed by atoms with Crippen LogP contribution in [0.15, 0.2) is 170 Å². The van der Waals surface area contributed by atoms with Gasteiger partial charge in [0.25, 0.3) is 0 Å². The fourth-order valence-corrected chi connectivity index (χ4v) is 8.11. The zero-order valence-electron chi connectivity index (χ0n) is 34.5. The quantitative estimate of drug-likeness (QED) is 0.147. The van der Waals surface area contributed by atoms with Crippen LogP contribution in [0.1, 0.15) is 43.9 Å². The molecule has 0 unspecified atom stereocenters. The van der Waals surface area contributed by atoms with Gasteiger partial charge in [0.2, 0.25) is 0 Å². The second-order valence-corrected chi connectivity index (χ2v) is 16.1. The van der Waals surface area contributed by atoms with Gasteiger partial charge in [0.1, 0.15) is 11.6 Å². The van der Waals surface area contributed by atoms with E-state index in [1.54, 1.807) is 0 Å². The zero-order valence-corrected chi connectivity index (χ0v) is 36.8. The Morgan fingerprint density at radius 2 is 1.25 bits per heavy atom. The van der Waals surface area contributed by atoms with Crippen LogP contribution >= 0.6 is 0 Å². The number of aromatic nitrogens is 3. The van der Waals surface area contributed by atoms with Crippen molar-refractivity contribution in [2.24, 2.45) is 0 Å². The summed E-state index contributed by atoms with van der Waals surface area (Å²) in [6, 6.07) is 61.1. The Bertz CT molecular complexity index is 2970. The Morgan fingerprint density at radius 3 is 1.93 bits per heavy atom. The van der Waals surface area contributed by atoms with Crippen molar-refractivity contribution in [1.82, 2.24) is 14.5 Å². The third-order valence-corrected chi connectivity index (χ3v) is 11.8. The third-order valence-electron chi connectivity index (χ3n) is 11.8. The van der Waals surface area contributed by atoms with E-state index in [0.29, 0.717) is 11.4 Å². The molecule has 0 aliphatic rings. The number of rotatable bonds is 9. The molecule has 0 aliphatic heterocycles. The van der Waals surface area contributed by atoms with Crippen molar-refractivity contribution in [2.75, 3.05) is 0 Å². The molecule has 0 radical (unpaired) electrons. The van der Waals surface area contributed by atoms with E-state index in [9.17, 15) is 5.11 Å². The number of hydrogen-bond acceptors (Lipinski definition) is 3. The van der Waals surface area contributed by atoms with E-state index >= 15 is 0 Å². The molecule has 4 nitrogen and oxygen atoms in total. The summed E-state index contributed by atoms with van der Waals surface area (Å²) in [5.41, 5.74) is 16.7. The Hall–Kier alpha value is -6.35. The molecular formula is C55H46N3OPt-. The zero-order chi connectivity index (χ0) is 40.7. The van der Waals surface area contributed by atoms with Crippen LogP contribution in [0.3, 0.4) is 0 Å². The molecule has 7 aromatic carbocycles. The molecule has 0 saturated carbocycles. The van der Waals surface area contributed by atoms with Gasteiger partial charge in [0.15, 0.2) is 0 Å². The fourth-order valence-electron chi connectivity index (χ4n) is 8.11. The van der Waals surface area contributed by atoms with Crippen LogP contribution in [0.25, 0.3) is 83.9 Å². The summed E-state index contributed by atoms with van der Waals surface area (Å²) in [7, 11) is 0. The van der Waals surface area contributed by atoms with Gasteiger partial charge < -0.3 is 5.11 Å². The van der Waals surface area contributed by atoms with E-state index in [0.717, 1.165) is 90.0 Å². The van der Waals surface area contributed by atoms with Crippen molar-refractivity contribution >= 4 is 11.0 Å². The van der Waals surface area contributed by atoms with Crippen LogP contribution in [0.4, 0.5) is 0 Å². The normalized spacial score (nSPS) is 11.4. The molecule has 9 rings (SSSR count). The predicted octanol–water partition coefficient (Wildman–Crippen LogP) is 14.2. The van der Waals surface area contributed by atoms with E-state index < -0.39 is 0 Å². The summed E-state index contributed by atoms with van der Waals surface area (Å²) in [4.78, 5) is 10.4. The minimum absolute atomic E-state index is 0. The number of pyridine rings is 1. The first-order valence-electron chi connectivity index (χ1n) is 20.4. The van der Waals surface area contributed by atoms with Crippen molar-refractivity contribution in [3.63, 3.8) is 0 Å². The maximum absolute atomic E-state index is 11.8. The van der Waals surface area contributed by atoms with Crippen molar-refractivity contribution in [2.45, 2.75) is 46.5 Å². The Labute approximate surface area is 367 Å². The minimum Gasteiger partial charge on any atom is -0.507 e. The van der Waals surface area contributed by atoms with E-state index in [2.05, 4.69) is 178 Å². The standard InChI is InChI=1S/C55H46N3O.Pt/c1-6-55(4,5)45-25-26-50(47(35-45)40-21-14-9-15-22-40)58-51-24-16-23-46(52(51)57-54(58)48-30-36(2)29-37(3)53(48)59)43-31-42(39-19-12-8-13-20-39)32-44(33-43)49-34-41(27-28-56-49)38-17-10-7-11-18-38;/h7-32,34-35,59H,6H2,1-5H3;/q-1;. The average molecular weight is 960 g/mol. The van der Waals surface area contributed by atoms with Crippen molar-refractivity contribution < 1.29 is 26.2 Å².